The van der Waals surface area contributed by atoms with Gasteiger partial charge in [0.2, 0.25) is 0 Å². The van der Waals surface area contributed by atoms with E-state index in [1.165, 1.54) is 10.8 Å². The summed E-state index contributed by atoms with van der Waals surface area (Å²) in [6.45, 7) is 0.396. The normalized spacial score (nSPS) is 10.3. The zero-order chi connectivity index (χ0) is 18.4. The van der Waals surface area contributed by atoms with Crippen LogP contribution in [0.5, 0.6) is 0 Å². The molecule has 0 unspecified atom stereocenters. The Morgan fingerprint density at radius 2 is 1.77 bits per heavy atom. The Labute approximate surface area is 155 Å². The van der Waals surface area contributed by atoms with Crippen molar-refractivity contribution >= 4 is 34.3 Å². The lowest BCUT2D eigenvalue weighted by Gasteiger charge is -2.13. The Morgan fingerprint density at radius 1 is 1.04 bits per heavy atom. The number of nitrogens with zero attached hydrogens (tertiary/aromatic N) is 2. The van der Waals surface area contributed by atoms with Crippen LogP contribution < -0.4 is 21.7 Å². The molecule has 1 heterocycles. The summed E-state index contributed by atoms with van der Waals surface area (Å²) in [6.07, 6.45) is 1.20. The third kappa shape index (κ3) is 4.42. The first-order valence-electron chi connectivity index (χ1n) is 7.94. The monoisotopic (exact) mass is 367 g/mol. The van der Waals surface area contributed by atoms with E-state index in [1.807, 2.05) is 36.4 Å². The number of rotatable bonds is 4. The molecular formula is C18H17N5O2S. The molecule has 8 heteroatoms. The summed E-state index contributed by atoms with van der Waals surface area (Å²) >= 11 is 5.12. The van der Waals surface area contributed by atoms with Gasteiger partial charge in [-0.1, -0.05) is 42.5 Å². The molecular weight excluding hydrogens is 350 g/mol. The fourth-order valence-corrected chi connectivity index (χ4v) is 2.53. The summed E-state index contributed by atoms with van der Waals surface area (Å²) in [5.41, 5.74) is 7.08. The molecule has 26 heavy (non-hydrogen) atoms. The average molecular weight is 367 g/mol. The minimum absolute atomic E-state index is 0.143. The molecule has 1 aromatic heterocycles. The van der Waals surface area contributed by atoms with E-state index in [0.29, 0.717) is 17.6 Å². The number of para-hydroxylation sites is 2. The first-order valence-corrected chi connectivity index (χ1v) is 8.35. The number of carbonyl (C=O) groups is 1. The summed E-state index contributed by atoms with van der Waals surface area (Å²) < 4.78 is 1.36. The highest BCUT2D eigenvalue weighted by Crippen LogP contribution is 2.07. The number of aromatic nitrogens is 2. The summed E-state index contributed by atoms with van der Waals surface area (Å²) in [4.78, 5) is 28.2. The standard InChI is InChI=1S/C18H17N5O2S/c24-16(21-22-18(26)20-10-13-6-2-1-3-7-13)12-23-15-9-5-4-8-14(15)19-11-17(23)25/h1-9,11H,10,12H2,(H,21,24)(H2,20,22,26). The lowest BCUT2D eigenvalue weighted by atomic mass is 10.2. The van der Waals surface area contributed by atoms with Crippen LogP contribution in [-0.4, -0.2) is 20.6 Å². The van der Waals surface area contributed by atoms with Gasteiger partial charge in [-0.2, -0.15) is 0 Å². The predicted molar refractivity (Wildman–Crippen MR) is 103 cm³/mol. The van der Waals surface area contributed by atoms with Crippen molar-refractivity contribution in [1.82, 2.24) is 25.7 Å². The van der Waals surface area contributed by atoms with Gasteiger partial charge in [-0.15, -0.1) is 0 Å². The molecule has 3 N–H and O–H groups in total. The number of thiocarbonyl (C=S) groups is 1. The molecule has 2 aromatic carbocycles. The highest BCUT2D eigenvalue weighted by Gasteiger charge is 2.09. The Morgan fingerprint density at radius 3 is 2.58 bits per heavy atom. The van der Waals surface area contributed by atoms with Crippen molar-refractivity contribution < 1.29 is 4.79 Å². The van der Waals surface area contributed by atoms with Gasteiger partial charge in [-0.25, -0.2) is 4.98 Å². The van der Waals surface area contributed by atoms with Crippen LogP contribution in [0.3, 0.4) is 0 Å². The molecule has 0 saturated carbocycles. The number of nitrogens with one attached hydrogen (secondary N) is 3. The van der Waals surface area contributed by atoms with Crippen LogP contribution in [0.25, 0.3) is 11.0 Å². The van der Waals surface area contributed by atoms with E-state index in [1.54, 1.807) is 18.2 Å². The van der Waals surface area contributed by atoms with Crippen molar-refractivity contribution in [3.05, 3.63) is 76.7 Å². The molecule has 0 aliphatic rings. The zero-order valence-electron chi connectivity index (χ0n) is 13.8. The molecule has 0 fully saturated rings. The predicted octanol–water partition coefficient (Wildman–Crippen LogP) is 1.09. The van der Waals surface area contributed by atoms with Crippen molar-refractivity contribution in [2.45, 2.75) is 13.1 Å². The summed E-state index contributed by atoms with van der Waals surface area (Å²) in [5, 5.41) is 3.27. The Kier molecular flexibility index (Phi) is 5.55. The van der Waals surface area contributed by atoms with E-state index in [2.05, 4.69) is 21.2 Å². The number of amides is 1. The lowest BCUT2D eigenvalue weighted by molar-refractivity contribution is -0.122. The Balaban J connectivity index is 1.55. The molecule has 3 aromatic rings. The van der Waals surface area contributed by atoms with Crippen LogP contribution in [0.1, 0.15) is 5.56 Å². The van der Waals surface area contributed by atoms with Gasteiger partial charge in [0.15, 0.2) is 5.11 Å². The highest BCUT2D eigenvalue weighted by atomic mass is 32.1. The largest absolute Gasteiger partial charge is 0.357 e. The summed E-state index contributed by atoms with van der Waals surface area (Å²) in [6, 6.07) is 16.9. The molecule has 3 rings (SSSR count). The molecule has 0 aliphatic heterocycles. The van der Waals surface area contributed by atoms with E-state index >= 15 is 0 Å². The minimum atomic E-state index is -0.396. The maximum atomic E-state index is 12.1. The van der Waals surface area contributed by atoms with Crippen LogP contribution in [0.4, 0.5) is 0 Å². The quantitative estimate of drug-likeness (QED) is 0.473. The second-order valence-corrected chi connectivity index (χ2v) is 5.92. The van der Waals surface area contributed by atoms with Gasteiger partial charge in [0.1, 0.15) is 6.54 Å². The molecule has 0 saturated heterocycles. The highest BCUT2D eigenvalue weighted by molar-refractivity contribution is 7.80. The van der Waals surface area contributed by atoms with E-state index < -0.39 is 5.91 Å². The van der Waals surface area contributed by atoms with Crippen molar-refractivity contribution in [3.63, 3.8) is 0 Å². The molecule has 0 bridgehead atoms. The third-order valence-electron chi connectivity index (χ3n) is 3.67. The Hall–Kier alpha value is -3.26. The second-order valence-electron chi connectivity index (χ2n) is 5.51. The number of benzene rings is 2. The first-order chi connectivity index (χ1) is 12.6. The lowest BCUT2D eigenvalue weighted by Crippen LogP contribution is -2.48. The second kappa shape index (κ2) is 8.21. The zero-order valence-corrected chi connectivity index (χ0v) is 14.6. The molecule has 132 valence electrons. The molecule has 7 nitrogen and oxygen atoms in total. The molecule has 0 aliphatic carbocycles. The SMILES string of the molecule is O=C(Cn1c(=O)cnc2ccccc21)NNC(=S)NCc1ccccc1. The fourth-order valence-electron chi connectivity index (χ4n) is 2.41. The van der Waals surface area contributed by atoms with Gasteiger partial charge in [0, 0.05) is 6.54 Å². The molecule has 1 amide bonds. The van der Waals surface area contributed by atoms with Crippen LogP contribution in [0.2, 0.25) is 0 Å². The van der Waals surface area contributed by atoms with Crippen molar-refractivity contribution in [1.29, 1.82) is 0 Å². The van der Waals surface area contributed by atoms with Gasteiger partial charge < -0.3 is 5.32 Å². The van der Waals surface area contributed by atoms with Crippen LogP contribution >= 0.6 is 12.2 Å². The number of hydrogen-bond donors (Lipinski definition) is 3. The van der Waals surface area contributed by atoms with E-state index in [-0.39, 0.29) is 17.2 Å². The molecule has 0 atom stereocenters. The van der Waals surface area contributed by atoms with Crippen molar-refractivity contribution in [2.24, 2.45) is 0 Å². The average Bonchev–Trinajstić information content (AvgIpc) is 2.68. The van der Waals surface area contributed by atoms with E-state index in [0.717, 1.165) is 5.56 Å². The minimum Gasteiger partial charge on any atom is -0.357 e. The van der Waals surface area contributed by atoms with Crippen molar-refractivity contribution in [2.75, 3.05) is 0 Å². The fraction of sp³-hybridized carbons (Fsp3) is 0.111. The topological polar surface area (TPSA) is 88.0 Å². The van der Waals surface area contributed by atoms with Gasteiger partial charge in [-0.3, -0.25) is 25.0 Å². The van der Waals surface area contributed by atoms with E-state index in [4.69, 9.17) is 12.2 Å². The number of hydrogen-bond acceptors (Lipinski definition) is 4. The van der Waals surface area contributed by atoms with Gasteiger partial charge in [0.05, 0.1) is 17.2 Å². The third-order valence-corrected chi connectivity index (χ3v) is 3.91. The van der Waals surface area contributed by atoms with Crippen LogP contribution in [0.15, 0.2) is 65.6 Å². The van der Waals surface area contributed by atoms with Gasteiger partial charge in [-0.05, 0) is 29.9 Å². The maximum Gasteiger partial charge on any atom is 0.269 e. The summed E-state index contributed by atoms with van der Waals surface area (Å²) in [7, 11) is 0. The molecule has 0 radical (unpaired) electrons. The van der Waals surface area contributed by atoms with E-state index in [9.17, 15) is 9.59 Å². The Bertz CT molecular complexity index is 988. The number of fused-ring (bicyclic) bond motifs is 1. The van der Waals surface area contributed by atoms with Gasteiger partial charge in [0.25, 0.3) is 11.5 Å². The first kappa shape index (κ1) is 17.6. The summed E-state index contributed by atoms with van der Waals surface area (Å²) in [5.74, 6) is -0.396. The number of hydrazine groups is 1. The molecule has 0 spiro atoms. The smallest absolute Gasteiger partial charge is 0.269 e. The van der Waals surface area contributed by atoms with Crippen molar-refractivity contribution in [3.8, 4) is 0 Å². The maximum absolute atomic E-state index is 12.1. The van der Waals surface area contributed by atoms with Crippen LogP contribution in [0, 0.1) is 0 Å². The van der Waals surface area contributed by atoms with Crippen LogP contribution in [-0.2, 0) is 17.9 Å². The number of carbonyl (C=O) groups excluding carboxylic acids is 1. The van der Waals surface area contributed by atoms with Gasteiger partial charge >= 0.3 is 0 Å².